The van der Waals surface area contributed by atoms with Crippen LogP contribution in [-0.4, -0.2) is 56.8 Å². The zero-order valence-corrected chi connectivity index (χ0v) is 12.6. The molecule has 0 unspecified atom stereocenters. The van der Waals surface area contributed by atoms with Crippen molar-refractivity contribution in [1.29, 1.82) is 0 Å². The van der Waals surface area contributed by atoms with Crippen LogP contribution in [0.2, 0.25) is 0 Å². The second-order valence-electron chi connectivity index (χ2n) is 6.80. The van der Waals surface area contributed by atoms with Crippen LogP contribution in [0.4, 0.5) is 8.78 Å². The van der Waals surface area contributed by atoms with Crippen molar-refractivity contribution >= 4 is 0 Å². The van der Waals surface area contributed by atoms with Crippen molar-refractivity contribution in [1.82, 2.24) is 10.2 Å². The highest BCUT2D eigenvalue weighted by Gasteiger charge is 2.34. The van der Waals surface area contributed by atoms with Crippen molar-refractivity contribution in [2.75, 3.05) is 39.9 Å². The molecule has 0 amide bonds. The van der Waals surface area contributed by atoms with Gasteiger partial charge in [0.15, 0.2) is 0 Å². The van der Waals surface area contributed by atoms with E-state index in [1.807, 2.05) is 0 Å². The fraction of sp³-hybridized carbons (Fsp3) is 1.00. The minimum Gasteiger partial charge on any atom is -0.381 e. The Hall–Kier alpha value is -0.260. The first kappa shape index (κ1) is 16.8. The molecule has 1 fully saturated rings. The summed E-state index contributed by atoms with van der Waals surface area (Å²) in [6.45, 7) is 9.24. The molecule has 0 saturated carbocycles. The van der Waals surface area contributed by atoms with E-state index in [9.17, 15) is 8.78 Å². The summed E-state index contributed by atoms with van der Waals surface area (Å²) in [4.78, 5) is 1.75. The molecule has 19 heavy (non-hydrogen) atoms. The number of nitrogens with zero attached hydrogens (tertiary/aromatic N) is 1. The van der Waals surface area contributed by atoms with Gasteiger partial charge in [0, 0.05) is 31.8 Å². The predicted octanol–water partition coefficient (Wildman–Crippen LogP) is 2.37. The highest BCUT2D eigenvalue weighted by molar-refractivity contribution is 4.89. The standard InChI is InChI=1S/C14H28F2N2O/c1-13(2,3)17-10-14(5-7-19-8-6-14)11-18(4)9-12(15)16/h12,17H,5-11H2,1-4H3. The second-order valence-corrected chi connectivity index (χ2v) is 6.80. The summed E-state index contributed by atoms with van der Waals surface area (Å²) < 4.78 is 30.3. The van der Waals surface area contributed by atoms with Gasteiger partial charge in [-0.05, 0) is 46.1 Å². The maximum atomic E-state index is 12.5. The Morgan fingerprint density at radius 2 is 1.84 bits per heavy atom. The topological polar surface area (TPSA) is 24.5 Å². The normalized spacial score (nSPS) is 20.2. The highest BCUT2D eigenvalue weighted by Crippen LogP contribution is 2.31. The fourth-order valence-corrected chi connectivity index (χ4v) is 2.52. The lowest BCUT2D eigenvalue weighted by Crippen LogP contribution is -2.51. The number of rotatable bonds is 6. The summed E-state index contributed by atoms with van der Waals surface area (Å²) in [5, 5.41) is 3.52. The Morgan fingerprint density at radius 3 is 2.32 bits per heavy atom. The first-order chi connectivity index (χ1) is 8.72. The van der Waals surface area contributed by atoms with Gasteiger partial charge in [0.25, 0.3) is 6.43 Å². The Bertz CT molecular complexity index is 261. The number of nitrogens with one attached hydrogen (secondary N) is 1. The van der Waals surface area contributed by atoms with Gasteiger partial charge in [-0.2, -0.15) is 0 Å². The molecule has 0 radical (unpaired) electrons. The smallest absolute Gasteiger partial charge is 0.251 e. The van der Waals surface area contributed by atoms with E-state index in [-0.39, 0.29) is 17.5 Å². The molecular formula is C14H28F2N2O. The molecule has 1 aliphatic heterocycles. The number of ether oxygens (including phenoxy) is 1. The summed E-state index contributed by atoms with van der Waals surface area (Å²) in [6.07, 6.45) is -0.398. The molecular weight excluding hydrogens is 250 g/mol. The van der Waals surface area contributed by atoms with E-state index < -0.39 is 6.43 Å². The number of hydrogen-bond acceptors (Lipinski definition) is 3. The molecule has 0 atom stereocenters. The van der Waals surface area contributed by atoms with Crippen molar-refractivity contribution in [3.05, 3.63) is 0 Å². The maximum Gasteiger partial charge on any atom is 0.251 e. The lowest BCUT2D eigenvalue weighted by atomic mass is 9.79. The largest absolute Gasteiger partial charge is 0.381 e. The monoisotopic (exact) mass is 278 g/mol. The van der Waals surface area contributed by atoms with E-state index >= 15 is 0 Å². The SMILES string of the molecule is CN(CC(F)F)CC1(CNC(C)(C)C)CCOCC1. The lowest BCUT2D eigenvalue weighted by molar-refractivity contribution is -0.0114. The van der Waals surface area contributed by atoms with Gasteiger partial charge in [0.1, 0.15) is 0 Å². The molecule has 0 aromatic carbocycles. The molecule has 1 rings (SSSR count). The Labute approximate surface area is 115 Å². The zero-order valence-electron chi connectivity index (χ0n) is 12.6. The fourth-order valence-electron chi connectivity index (χ4n) is 2.52. The quantitative estimate of drug-likeness (QED) is 0.807. The van der Waals surface area contributed by atoms with Crippen LogP contribution in [-0.2, 0) is 4.74 Å². The van der Waals surface area contributed by atoms with E-state index in [0.29, 0.717) is 6.54 Å². The number of alkyl halides is 2. The molecule has 0 aliphatic carbocycles. The minimum absolute atomic E-state index is 0.0482. The average molecular weight is 278 g/mol. The highest BCUT2D eigenvalue weighted by atomic mass is 19.3. The van der Waals surface area contributed by atoms with E-state index in [1.165, 1.54) is 0 Å². The molecule has 0 aromatic rings. The predicted molar refractivity (Wildman–Crippen MR) is 73.7 cm³/mol. The van der Waals surface area contributed by atoms with Crippen molar-refractivity contribution < 1.29 is 13.5 Å². The van der Waals surface area contributed by atoms with Crippen LogP contribution in [0.5, 0.6) is 0 Å². The van der Waals surface area contributed by atoms with E-state index in [2.05, 4.69) is 26.1 Å². The third-order valence-corrected chi connectivity index (χ3v) is 3.60. The van der Waals surface area contributed by atoms with E-state index in [4.69, 9.17) is 4.74 Å². The molecule has 1 aliphatic rings. The van der Waals surface area contributed by atoms with Gasteiger partial charge >= 0.3 is 0 Å². The van der Waals surface area contributed by atoms with Crippen LogP contribution in [0.3, 0.4) is 0 Å². The molecule has 1 saturated heterocycles. The van der Waals surface area contributed by atoms with Gasteiger partial charge in [-0.25, -0.2) is 8.78 Å². The third kappa shape index (κ3) is 6.63. The van der Waals surface area contributed by atoms with Crippen molar-refractivity contribution in [2.24, 2.45) is 5.41 Å². The molecule has 3 nitrogen and oxygen atoms in total. The van der Waals surface area contributed by atoms with Crippen molar-refractivity contribution in [2.45, 2.75) is 45.6 Å². The first-order valence-corrected chi connectivity index (χ1v) is 7.02. The molecule has 0 bridgehead atoms. The van der Waals surface area contributed by atoms with E-state index in [0.717, 1.165) is 32.6 Å². The molecule has 0 aromatic heterocycles. The van der Waals surface area contributed by atoms with Gasteiger partial charge in [-0.1, -0.05) is 0 Å². The van der Waals surface area contributed by atoms with Crippen LogP contribution in [0.1, 0.15) is 33.6 Å². The van der Waals surface area contributed by atoms with Gasteiger partial charge in [0.2, 0.25) is 0 Å². The number of halogens is 2. The third-order valence-electron chi connectivity index (χ3n) is 3.60. The average Bonchev–Trinajstić information content (AvgIpc) is 2.25. The molecule has 5 heteroatoms. The summed E-state index contributed by atoms with van der Waals surface area (Å²) in [5.74, 6) is 0. The van der Waals surface area contributed by atoms with Gasteiger partial charge in [-0.3, -0.25) is 0 Å². The van der Waals surface area contributed by atoms with Crippen LogP contribution in [0.25, 0.3) is 0 Å². The first-order valence-electron chi connectivity index (χ1n) is 7.02. The Morgan fingerprint density at radius 1 is 1.26 bits per heavy atom. The summed E-state index contributed by atoms with van der Waals surface area (Å²) in [5.41, 5.74) is 0.0990. The van der Waals surface area contributed by atoms with Crippen LogP contribution in [0.15, 0.2) is 0 Å². The maximum absolute atomic E-state index is 12.5. The molecule has 1 heterocycles. The molecule has 114 valence electrons. The number of hydrogen-bond donors (Lipinski definition) is 1. The summed E-state index contributed by atoms with van der Waals surface area (Å²) >= 11 is 0. The molecule has 0 spiro atoms. The summed E-state index contributed by atoms with van der Waals surface area (Å²) in [7, 11) is 1.78. The molecule has 1 N–H and O–H groups in total. The van der Waals surface area contributed by atoms with Crippen LogP contribution in [0, 0.1) is 5.41 Å². The van der Waals surface area contributed by atoms with Gasteiger partial charge < -0.3 is 15.0 Å². The van der Waals surface area contributed by atoms with Crippen LogP contribution < -0.4 is 5.32 Å². The summed E-state index contributed by atoms with van der Waals surface area (Å²) in [6, 6.07) is 0. The van der Waals surface area contributed by atoms with E-state index in [1.54, 1.807) is 11.9 Å². The zero-order chi connectivity index (χ0) is 14.5. The van der Waals surface area contributed by atoms with Gasteiger partial charge in [0.05, 0.1) is 6.54 Å². The minimum atomic E-state index is -2.27. The Balaban J connectivity index is 2.59. The Kier molecular flexibility index (Phi) is 6.15. The van der Waals surface area contributed by atoms with Gasteiger partial charge in [-0.15, -0.1) is 0 Å². The van der Waals surface area contributed by atoms with Crippen LogP contribution >= 0.6 is 0 Å². The van der Waals surface area contributed by atoms with Crippen molar-refractivity contribution in [3.8, 4) is 0 Å². The van der Waals surface area contributed by atoms with Crippen molar-refractivity contribution in [3.63, 3.8) is 0 Å². The second kappa shape index (κ2) is 6.95. The lowest BCUT2D eigenvalue weighted by Gasteiger charge is -2.42.